The minimum atomic E-state index is -0.659. The van der Waals surface area contributed by atoms with Crippen molar-refractivity contribution in [2.75, 3.05) is 7.11 Å². The number of ether oxygens (including phenoxy) is 2. The van der Waals surface area contributed by atoms with Crippen LogP contribution >= 0.6 is 11.6 Å². The third-order valence-corrected chi connectivity index (χ3v) is 2.93. The molecule has 1 heterocycles. The van der Waals surface area contributed by atoms with E-state index in [1.54, 1.807) is 0 Å². The molecule has 2 aromatic rings. The first-order valence-electron chi connectivity index (χ1n) is 5.77. The van der Waals surface area contributed by atoms with Gasteiger partial charge in [-0.2, -0.15) is 0 Å². The van der Waals surface area contributed by atoms with E-state index in [1.165, 1.54) is 37.6 Å². The van der Waals surface area contributed by atoms with Crippen molar-refractivity contribution in [2.45, 2.75) is 6.61 Å². The fourth-order valence-electron chi connectivity index (χ4n) is 1.63. The summed E-state index contributed by atoms with van der Waals surface area (Å²) in [5, 5.41) is 10.5. The highest BCUT2D eigenvalue weighted by molar-refractivity contribution is 6.29. The molecular formula is C13H10ClFN2O4. The molecule has 2 rings (SSSR count). The Hall–Kier alpha value is -2.41. The fourth-order valence-corrected chi connectivity index (χ4v) is 1.80. The van der Waals surface area contributed by atoms with Crippen molar-refractivity contribution in [1.82, 2.24) is 4.98 Å². The molecule has 0 fully saturated rings. The maximum atomic E-state index is 13.6. The van der Waals surface area contributed by atoms with E-state index in [0.29, 0.717) is 5.75 Å². The molecule has 0 bridgehead atoms. The van der Waals surface area contributed by atoms with Crippen LogP contribution in [0.2, 0.25) is 5.15 Å². The summed E-state index contributed by atoms with van der Waals surface area (Å²) < 4.78 is 23.9. The molecule has 0 atom stereocenters. The van der Waals surface area contributed by atoms with E-state index in [9.17, 15) is 14.5 Å². The molecule has 0 radical (unpaired) electrons. The Balaban J connectivity index is 2.17. The highest BCUT2D eigenvalue weighted by Gasteiger charge is 2.15. The number of pyridine rings is 1. The zero-order chi connectivity index (χ0) is 15.4. The van der Waals surface area contributed by atoms with E-state index in [1.807, 2.05) is 0 Å². The van der Waals surface area contributed by atoms with Crippen LogP contribution in [0.3, 0.4) is 0 Å². The lowest BCUT2D eigenvalue weighted by atomic mass is 10.2. The van der Waals surface area contributed by atoms with Crippen LogP contribution in [-0.2, 0) is 6.61 Å². The zero-order valence-corrected chi connectivity index (χ0v) is 11.6. The Morgan fingerprint density at radius 3 is 2.86 bits per heavy atom. The van der Waals surface area contributed by atoms with E-state index < -0.39 is 10.7 Å². The molecular weight excluding hydrogens is 303 g/mol. The normalized spacial score (nSPS) is 10.2. The van der Waals surface area contributed by atoms with Crippen molar-refractivity contribution in [2.24, 2.45) is 0 Å². The quantitative estimate of drug-likeness (QED) is 0.480. The number of halogens is 2. The van der Waals surface area contributed by atoms with E-state index in [0.717, 1.165) is 0 Å². The summed E-state index contributed by atoms with van der Waals surface area (Å²) in [6.07, 6.45) is 1.36. The first-order valence-corrected chi connectivity index (χ1v) is 6.15. The standard InChI is InChI=1S/C13H10ClFN2O4/c1-20-11-6-9(2-3-10(11)17(18)19)21-7-8-4-5-16-13(14)12(8)15/h2-6H,7H2,1H3. The van der Waals surface area contributed by atoms with Crippen LogP contribution in [0.25, 0.3) is 0 Å². The van der Waals surface area contributed by atoms with Gasteiger partial charge in [-0.3, -0.25) is 10.1 Å². The van der Waals surface area contributed by atoms with Crippen LogP contribution in [0, 0.1) is 15.9 Å². The van der Waals surface area contributed by atoms with Crippen LogP contribution in [0.4, 0.5) is 10.1 Å². The molecule has 0 aliphatic rings. The van der Waals surface area contributed by atoms with Crippen LogP contribution in [-0.4, -0.2) is 17.0 Å². The summed E-state index contributed by atoms with van der Waals surface area (Å²) in [5.74, 6) is -0.288. The van der Waals surface area contributed by atoms with Gasteiger partial charge in [-0.1, -0.05) is 11.6 Å². The number of hydrogen-bond donors (Lipinski definition) is 0. The third kappa shape index (κ3) is 3.38. The number of nitrogens with zero attached hydrogens (tertiary/aromatic N) is 2. The first kappa shape index (κ1) is 15.0. The van der Waals surface area contributed by atoms with Gasteiger partial charge in [0.05, 0.1) is 12.0 Å². The average molecular weight is 313 g/mol. The minimum absolute atomic E-state index is 0.0609. The summed E-state index contributed by atoms with van der Waals surface area (Å²) >= 11 is 5.56. The van der Waals surface area contributed by atoms with E-state index in [4.69, 9.17) is 21.1 Å². The Morgan fingerprint density at radius 2 is 2.19 bits per heavy atom. The van der Waals surface area contributed by atoms with Crippen LogP contribution in [0.15, 0.2) is 30.5 Å². The smallest absolute Gasteiger partial charge is 0.311 e. The molecule has 0 unspecified atom stereocenters. The van der Waals surface area contributed by atoms with Gasteiger partial charge in [0, 0.05) is 23.9 Å². The molecule has 0 saturated heterocycles. The molecule has 6 nitrogen and oxygen atoms in total. The number of hydrogen-bond acceptors (Lipinski definition) is 5. The van der Waals surface area contributed by atoms with Gasteiger partial charge in [0.15, 0.2) is 11.0 Å². The lowest BCUT2D eigenvalue weighted by Crippen LogP contribution is -2.01. The van der Waals surface area contributed by atoms with Gasteiger partial charge in [0.1, 0.15) is 12.4 Å². The molecule has 21 heavy (non-hydrogen) atoms. The van der Waals surface area contributed by atoms with Crippen LogP contribution < -0.4 is 9.47 Å². The van der Waals surface area contributed by atoms with Gasteiger partial charge in [0.25, 0.3) is 0 Å². The number of methoxy groups -OCH3 is 1. The van der Waals surface area contributed by atoms with Crippen LogP contribution in [0.5, 0.6) is 11.5 Å². The predicted molar refractivity (Wildman–Crippen MR) is 73.2 cm³/mol. The number of nitro benzene ring substituents is 1. The number of nitro groups is 1. The summed E-state index contributed by atoms with van der Waals surface area (Å²) in [7, 11) is 1.31. The monoisotopic (exact) mass is 312 g/mol. The van der Waals surface area contributed by atoms with E-state index >= 15 is 0 Å². The van der Waals surface area contributed by atoms with E-state index in [2.05, 4.69) is 4.98 Å². The number of rotatable bonds is 5. The van der Waals surface area contributed by atoms with Crippen molar-refractivity contribution >= 4 is 17.3 Å². The molecule has 0 aliphatic heterocycles. The van der Waals surface area contributed by atoms with Gasteiger partial charge in [0.2, 0.25) is 5.75 Å². The Labute approximate surface area is 124 Å². The Kier molecular flexibility index (Phi) is 4.54. The van der Waals surface area contributed by atoms with E-state index in [-0.39, 0.29) is 28.8 Å². The Morgan fingerprint density at radius 1 is 1.43 bits per heavy atom. The van der Waals surface area contributed by atoms with Crippen molar-refractivity contribution in [3.05, 3.63) is 57.1 Å². The second kappa shape index (κ2) is 6.36. The fraction of sp³-hybridized carbons (Fsp3) is 0.154. The summed E-state index contributed by atoms with van der Waals surface area (Å²) in [6, 6.07) is 5.45. The minimum Gasteiger partial charge on any atom is -0.490 e. The molecule has 8 heteroatoms. The Bertz CT molecular complexity index is 681. The van der Waals surface area contributed by atoms with Crippen molar-refractivity contribution in [3.8, 4) is 11.5 Å². The first-order chi connectivity index (χ1) is 10.0. The second-order valence-electron chi connectivity index (χ2n) is 3.95. The highest BCUT2D eigenvalue weighted by Crippen LogP contribution is 2.31. The average Bonchev–Trinajstić information content (AvgIpc) is 2.48. The molecule has 0 aliphatic carbocycles. The van der Waals surface area contributed by atoms with Gasteiger partial charge >= 0.3 is 5.69 Å². The molecule has 0 saturated carbocycles. The number of benzene rings is 1. The summed E-state index contributed by atoms with van der Waals surface area (Å²) in [6.45, 7) is -0.0883. The van der Waals surface area contributed by atoms with Crippen molar-refractivity contribution in [3.63, 3.8) is 0 Å². The van der Waals surface area contributed by atoms with Gasteiger partial charge in [-0.05, 0) is 12.1 Å². The van der Waals surface area contributed by atoms with Crippen molar-refractivity contribution < 1.29 is 18.8 Å². The summed E-state index contributed by atoms with van der Waals surface area (Å²) in [4.78, 5) is 13.8. The predicted octanol–water partition coefficient (Wildman–Crippen LogP) is 3.37. The topological polar surface area (TPSA) is 74.5 Å². The molecule has 0 N–H and O–H groups in total. The van der Waals surface area contributed by atoms with Crippen LogP contribution in [0.1, 0.15) is 5.56 Å². The largest absolute Gasteiger partial charge is 0.490 e. The molecule has 110 valence electrons. The van der Waals surface area contributed by atoms with Gasteiger partial charge in [-0.15, -0.1) is 0 Å². The lowest BCUT2D eigenvalue weighted by molar-refractivity contribution is -0.385. The second-order valence-corrected chi connectivity index (χ2v) is 4.31. The maximum absolute atomic E-state index is 13.6. The number of aromatic nitrogens is 1. The molecule has 1 aromatic carbocycles. The highest BCUT2D eigenvalue weighted by atomic mass is 35.5. The lowest BCUT2D eigenvalue weighted by Gasteiger charge is -2.09. The van der Waals surface area contributed by atoms with Crippen molar-refractivity contribution in [1.29, 1.82) is 0 Å². The maximum Gasteiger partial charge on any atom is 0.311 e. The zero-order valence-electron chi connectivity index (χ0n) is 10.9. The molecule has 0 spiro atoms. The van der Waals surface area contributed by atoms with Gasteiger partial charge in [-0.25, -0.2) is 9.37 Å². The SMILES string of the molecule is COc1cc(OCc2ccnc(Cl)c2F)ccc1[N+](=O)[O-]. The molecule has 0 amide bonds. The van der Waals surface area contributed by atoms with Gasteiger partial charge < -0.3 is 9.47 Å². The third-order valence-electron chi connectivity index (χ3n) is 2.67. The summed E-state index contributed by atoms with van der Waals surface area (Å²) in [5.41, 5.74) is 0.0512. The molecule has 1 aromatic heterocycles.